The number of urea groups is 1. The Labute approximate surface area is 124 Å². The molecule has 7 nitrogen and oxygen atoms in total. The van der Waals surface area contributed by atoms with Crippen molar-refractivity contribution >= 4 is 17.9 Å². The lowest BCUT2D eigenvalue weighted by atomic mass is 9.99. The van der Waals surface area contributed by atoms with Crippen molar-refractivity contribution < 1.29 is 24.2 Å². The van der Waals surface area contributed by atoms with Crippen LogP contribution in [-0.4, -0.2) is 54.7 Å². The van der Waals surface area contributed by atoms with Crippen LogP contribution in [-0.2, 0) is 14.3 Å². The SMILES string of the molecule is COCC1CCCN(C(=O)NC(=O)CC(C)CC(=O)O)C1. The minimum atomic E-state index is -0.944. The number of nitrogens with zero attached hydrogens (tertiary/aromatic N) is 1. The highest BCUT2D eigenvalue weighted by atomic mass is 16.5. The van der Waals surface area contributed by atoms with Crippen LogP contribution >= 0.6 is 0 Å². The molecule has 0 aliphatic carbocycles. The first-order valence-electron chi connectivity index (χ1n) is 7.21. The molecule has 1 rings (SSSR count). The van der Waals surface area contributed by atoms with E-state index < -0.39 is 17.9 Å². The predicted molar refractivity (Wildman–Crippen MR) is 75.7 cm³/mol. The Morgan fingerprint density at radius 1 is 1.38 bits per heavy atom. The van der Waals surface area contributed by atoms with Crippen molar-refractivity contribution in [3.63, 3.8) is 0 Å². The number of carboxylic acid groups (broad SMARTS) is 1. The van der Waals surface area contributed by atoms with Crippen LogP contribution in [0.4, 0.5) is 4.79 Å². The maximum absolute atomic E-state index is 12.0. The third-order valence-electron chi connectivity index (χ3n) is 3.51. The summed E-state index contributed by atoms with van der Waals surface area (Å²) < 4.78 is 5.10. The first-order chi connectivity index (χ1) is 9.92. The number of imide groups is 1. The van der Waals surface area contributed by atoms with Crippen LogP contribution in [0, 0.1) is 11.8 Å². The average molecular weight is 300 g/mol. The minimum Gasteiger partial charge on any atom is -0.481 e. The molecular weight excluding hydrogens is 276 g/mol. The first kappa shape index (κ1) is 17.4. The quantitative estimate of drug-likeness (QED) is 0.765. The Morgan fingerprint density at radius 2 is 2.10 bits per heavy atom. The second-order valence-electron chi connectivity index (χ2n) is 5.67. The van der Waals surface area contributed by atoms with E-state index in [1.807, 2.05) is 0 Å². The zero-order valence-corrected chi connectivity index (χ0v) is 12.6. The number of piperidine rings is 1. The van der Waals surface area contributed by atoms with Crippen molar-refractivity contribution in [2.24, 2.45) is 11.8 Å². The monoisotopic (exact) mass is 300 g/mol. The van der Waals surface area contributed by atoms with Gasteiger partial charge in [-0.25, -0.2) is 4.79 Å². The van der Waals surface area contributed by atoms with Crippen molar-refractivity contribution in [1.29, 1.82) is 0 Å². The largest absolute Gasteiger partial charge is 0.481 e. The third kappa shape index (κ3) is 6.57. The number of ether oxygens (including phenoxy) is 1. The van der Waals surface area contributed by atoms with Crippen LogP contribution in [0.1, 0.15) is 32.6 Å². The molecule has 0 spiro atoms. The number of methoxy groups -OCH3 is 1. The van der Waals surface area contributed by atoms with Gasteiger partial charge < -0.3 is 14.7 Å². The Bertz CT molecular complexity index is 384. The van der Waals surface area contributed by atoms with Gasteiger partial charge in [0.15, 0.2) is 0 Å². The Morgan fingerprint density at radius 3 is 2.71 bits per heavy atom. The number of aliphatic carboxylic acids is 1. The molecule has 0 saturated carbocycles. The number of hydrogen-bond donors (Lipinski definition) is 2. The highest BCUT2D eigenvalue weighted by molar-refractivity contribution is 5.94. The summed E-state index contributed by atoms with van der Waals surface area (Å²) in [4.78, 5) is 35.9. The lowest BCUT2D eigenvalue weighted by molar-refractivity contribution is -0.138. The van der Waals surface area contributed by atoms with Gasteiger partial charge in [0.2, 0.25) is 5.91 Å². The number of nitrogens with one attached hydrogen (secondary N) is 1. The van der Waals surface area contributed by atoms with Gasteiger partial charge in [-0.3, -0.25) is 14.9 Å². The van der Waals surface area contributed by atoms with Crippen LogP contribution in [0.2, 0.25) is 0 Å². The molecule has 1 fully saturated rings. The van der Waals surface area contributed by atoms with Gasteiger partial charge in [-0.15, -0.1) is 0 Å². The second kappa shape index (κ2) is 8.61. The third-order valence-corrected chi connectivity index (χ3v) is 3.51. The molecule has 120 valence electrons. The zero-order chi connectivity index (χ0) is 15.8. The number of carboxylic acids is 1. The number of hydrogen-bond acceptors (Lipinski definition) is 4. The van der Waals surface area contributed by atoms with E-state index in [-0.39, 0.29) is 18.8 Å². The molecule has 21 heavy (non-hydrogen) atoms. The molecule has 2 unspecified atom stereocenters. The summed E-state index contributed by atoms with van der Waals surface area (Å²) in [7, 11) is 1.63. The zero-order valence-electron chi connectivity index (χ0n) is 12.6. The smallest absolute Gasteiger partial charge is 0.324 e. The topological polar surface area (TPSA) is 95.9 Å². The van der Waals surface area contributed by atoms with Gasteiger partial charge in [0.25, 0.3) is 0 Å². The number of carbonyl (C=O) groups excluding carboxylic acids is 2. The van der Waals surface area contributed by atoms with Crippen LogP contribution in [0.5, 0.6) is 0 Å². The second-order valence-corrected chi connectivity index (χ2v) is 5.67. The van der Waals surface area contributed by atoms with E-state index in [0.29, 0.717) is 25.6 Å². The fourth-order valence-electron chi connectivity index (χ4n) is 2.56. The molecule has 0 aromatic carbocycles. The summed E-state index contributed by atoms with van der Waals surface area (Å²) >= 11 is 0. The van der Waals surface area contributed by atoms with Gasteiger partial charge in [0.05, 0.1) is 6.61 Å². The van der Waals surface area contributed by atoms with Crippen molar-refractivity contribution in [2.75, 3.05) is 26.8 Å². The molecule has 0 bridgehead atoms. The van der Waals surface area contributed by atoms with E-state index >= 15 is 0 Å². The molecule has 2 N–H and O–H groups in total. The van der Waals surface area contributed by atoms with E-state index in [2.05, 4.69) is 5.32 Å². The Hall–Kier alpha value is -1.63. The molecule has 3 amide bonds. The summed E-state index contributed by atoms with van der Waals surface area (Å²) in [5.41, 5.74) is 0. The van der Waals surface area contributed by atoms with Gasteiger partial charge in [-0.05, 0) is 18.8 Å². The van der Waals surface area contributed by atoms with E-state index in [1.54, 1.807) is 18.9 Å². The molecule has 1 heterocycles. The molecule has 1 aliphatic heterocycles. The lowest BCUT2D eigenvalue weighted by Crippen LogP contribution is -2.48. The molecule has 0 aromatic rings. The normalized spacial score (nSPS) is 19.9. The molecular formula is C14H24N2O5. The van der Waals surface area contributed by atoms with Crippen LogP contribution in [0.25, 0.3) is 0 Å². The van der Waals surface area contributed by atoms with Crippen LogP contribution in [0.15, 0.2) is 0 Å². The van der Waals surface area contributed by atoms with Crippen molar-refractivity contribution in [3.05, 3.63) is 0 Å². The van der Waals surface area contributed by atoms with E-state index in [0.717, 1.165) is 12.8 Å². The summed E-state index contributed by atoms with van der Waals surface area (Å²) in [6.45, 7) is 3.49. The van der Waals surface area contributed by atoms with Crippen LogP contribution in [0.3, 0.4) is 0 Å². The van der Waals surface area contributed by atoms with E-state index in [4.69, 9.17) is 9.84 Å². The van der Waals surface area contributed by atoms with Crippen molar-refractivity contribution in [1.82, 2.24) is 10.2 Å². The van der Waals surface area contributed by atoms with Gasteiger partial charge in [0, 0.05) is 39.0 Å². The van der Waals surface area contributed by atoms with Crippen LogP contribution < -0.4 is 5.32 Å². The number of rotatable bonds is 6. The average Bonchev–Trinajstić information content (AvgIpc) is 2.38. The van der Waals surface area contributed by atoms with E-state index in [9.17, 15) is 14.4 Å². The van der Waals surface area contributed by atoms with E-state index in [1.165, 1.54) is 0 Å². The number of likely N-dealkylation sites (tertiary alicyclic amines) is 1. The molecule has 2 atom stereocenters. The fourth-order valence-corrected chi connectivity index (χ4v) is 2.56. The fraction of sp³-hybridized carbons (Fsp3) is 0.786. The summed E-state index contributed by atoms with van der Waals surface area (Å²) in [5.74, 6) is -1.36. The predicted octanol–water partition coefficient (Wildman–Crippen LogP) is 1.08. The maximum Gasteiger partial charge on any atom is 0.324 e. The van der Waals surface area contributed by atoms with Gasteiger partial charge >= 0.3 is 12.0 Å². The summed E-state index contributed by atoms with van der Waals surface area (Å²) in [6, 6.07) is -0.400. The summed E-state index contributed by atoms with van der Waals surface area (Å²) in [6.07, 6.45) is 1.86. The molecule has 7 heteroatoms. The van der Waals surface area contributed by atoms with Gasteiger partial charge in [0.1, 0.15) is 0 Å². The van der Waals surface area contributed by atoms with Gasteiger partial charge in [-0.1, -0.05) is 6.92 Å². The number of amides is 3. The molecule has 0 aromatic heterocycles. The summed E-state index contributed by atoms with van der Waals surface area (Å²) in [5, 5.41) is 11.0. The number of carbonyl (C=O) groups is 3. The minimum absolute atomic E-state index is 0.0351. The highest BCUT2D eigenvalue weighted by Crippen LogP contribution is 2.16. The van der Waals surface area contributed by atoms with Gasteiger partial charge in [-0.2, -0.15) is 0 Å². The highest BCUT2D eigenvalue weighted by Gasteiger charge is 2.25. The Balaban J connectivity index is 2.37. The molecule has 0 radical (unpaired) electrons. The standard InChI is InChI=1S/C14H24N2O5/c1-10(7-13(18)19)6-12(17)15-14(20)16-5-3-4-11(8-16)9-21-2/h10-11H,3-9H2,1-2H3,(H,18,19)(H,15,17,20). The maximum atomic E-state index is 12.0. The molecule has 1 aliphatic rings. The lowest BCUT2D eigenvalue weighted by Gasteiger charge is -2.32. The Kier molecular flexibility index (Phi) is 7.14. The first-order valence-corrected chi connectivity index (χ1v) is 7.21. The van der Waals surface area contributed by atoms with Crippen molar-refractivity contribution in [2.45, 2.75) is 32.6 Å². The molecule has 1 saturated heterocycles. The van der Waals surface area contributed by atoms with Crippen molar-refractivity contribution in [3.8, 4) is 0 Å².